The Morgan fingerprint density at radius 3 is 2.82 bits per heavy atom. The molecule has 4 nitrogen and oxygen atoms in total. The average molecular weight is 235 g/mol. The number of hydrogen-bond donors (Lipinski definition) is 2. The molecule has 0 unspecified atom stereocenters. The summed E-state index contributed by atoms with van der Waals surface area (Å²) in [5.41, 5.74) is 7.98. The molecule has 1 aromatic rings. The summed E-state index contributed by atoms with van der Waals surface area (Å²) in [5.74, 6) is 0.862. The molecule has 3 N–H and O–H groups in total. The molecule has 4 heteroatoms. The summed E-state index contributed by atoms with van der Waals surface area (Å²) in [4.78, 5) is 4.33. The summed E-state index contributed by atoms with van der Waals surface area (Å²) < 4.78 is 5.39. The molecule has 0 saturated carbocycles. The van der Waals surface area contributed by atoms with Crippen LogP contribution < -0.4 is 11.1 Å². The summed E-state index contributed by atoms with van der Waals surface area (Å²) in [6.07, 6.45) is 4.01. The van der Waals surface area contributed by atoms with Gasteiger partial charge in [-0.05, 0) is 30.7 Å². The highest BCUT2D eigenvalue weighted by Gasteiger charge is 2.27. The van der Waals surface area contributed by atoms with Crippen molar-refractivity contribution in [2.45, 2.75) is 26.7 Å². The van der Waals surface area contributed by atoms with E-state index in [1.165, 1.54) is 0 Å². The number of anilines is 2. The van der Waals surface area contributed by atoms with E-state index in [4.69, 9.17) is 10.5 Å². The minimum atomic E-state index is 0.305. The second-order valence-corrected chi connectivity index (χ2v) is 5.20. The first-order chi connectivity index (χ1) is 8.09. The Morgan fingerprint density at radius 2 is 2.18 bits per heavy atom. The van der Waals surface area contributed by atoms with Crippen LogP contribution in [0.4, 0.5) is 11.5 Å². The third-order valence-corrected chi connectivity index (χ3v) is 3.54. The van der Waals surface area contributed by atoms with E-state index in [-0.39, 0.29) is 0 Å². The molecule has 0 spiro atoms. The molecule has 0 aliphatic carbocycles. The Kier molecular flexibility index (Phi) is 3.52. The Morgan fingerprint density at radius 1 is 1.47 bits per heavy atom. The molecule has 1 aliphatic rings. The fraction of sp³-hybridized carbons (Fsp3) is 0.615. The maximum Gasteiger partial charge on any atom is 0.127 e. The van der Waals surface area contributed by atoms with Crippen molar-refractivity contribution < 1.29 is 4.74 Å². The van der Waals surface area contributed by atoms with Crippen molar-refractivity contribution in [3.63, 3.8) is 0 Å². The molecular formula is C13H21N3O. The first-order valence-corrected chi connectivity index (χ1v) is 6.13. The highest BCUT2D eigenvalue weighted by molar-refractivity contribution is 5.53. The Hall–Kier alpha value is -1.29. The van der Waals surface area contributed by atoms with Crippen LogP contribution in [0.5, 0.6) is 0 Å². The average Bonchev–Trinajstić information content (AvgIpc) is 2.32. The van der Waals surface area contributed by atoms with Crippen LogP contribution in [0.2, 0.25) is 0 Å². The molecule has 17 heavy (non-hydrogen) atoms. The number of nitrogen functional groups attached to an aromatic ring is 1. The van der Waals surface area contributed by atoms with Crippen LogP contribution >= 0.6 is 0 Å². The van der Waals surface area contributed by atoms with Gasteiger partial charge in [0.2, 0.25) is 0 Å². The van der Waals surface area contributed by atoms with E-state index >= 15 is 0 Å². The zero-order chi connectivity index (χ0) is 12.3. The van der Waals surface area contributed by atoms with Gasteiger partial charge in [0.25, 0.3) is 0 Å². The predicted molar refractivity (Wildman–Crippen MR) is 70.0 cm³/mol. The SMILES string of the molecule is Cc1cnc(NCC2(C)CCOCC2)cc1N. The number of aromatic nitrogens is 1. The molecule has 0 aromatic carbocycles. The zero-order valence-corrected chi connectivity index (χ0v) is 10.6. The first-order valence-electron chi connectivity index (χ1n) is 6.13. The summed E-state index contributed by atoms with van der Waals surface area (Å²) in [6.45, 7) is 6.90. The van der Waals surface area contributed by atoms with Gasteiger partial charge in [-0.25, -0.2) is 4.98 Å². The number of aryl methyl sites for hydroxylation is 1. The van der Waals surface area contributed by atoms with Gasteiger partial charge in [0.05, 0.1) is 0 Å². The molecular weight excluding hydrogens is 214 g/mol. The maximum absolute atomic E-state index is 5.86. The number of rotatable bonds is 3. The molecule has 0 atom stereocenters. The standard InChI is InChI=1S/C13H21N3O/c1-10-8-15-12(7-11(10)14)16-9-13(2)3-5-17-6-4-13/h7-8H,3-6,9H2,1-2H3,(H3,14,15,16). The fourth-order valence-corrected chi connectivity index (χ4v) is 1.98. The summed E-state index contributed by atoms with van der Waals surface area (Å²) >= 11 is 0. The van der Waals surface area contributed by atoms with Crippen LogP contribution in [0.15, 0.2) is 12.3 Å². The van der Waals surface area contributed by atoms with Gasteiger partial charge in [-0.1, -0.05) is 6.92 Å². The van der Waals surface area contributed by atoms with Crippen molar-refractivity contribution in [3.8, 4) is 0 Å². The van der Waals surface area contributed by atoms with E-state index in [1.807, 2.05) is 19.2 Å². The van der Waals surface area contributed by atoms with Crippen molar-refractivity contribution in [2.75, 3.05) is 30.8 Å². The van der Waals surface area contributed by atoms with E-state index in [0.29, 0.717) is 5.41 Å². The normalized spacial score (nSPS) is 18.9. The lowest BCUT2D eigenvalue weighted by atomic mass is 9.82. The fourth-order valence-electron chi connectivity index (χ4n) is 1.98. The molecule has 1 aliphatic heterocycles. The zero-order valence-electron chi connectivity index (χ0n) is 10.6. The van der Waals surface area contributed by atoms with E-state index < -0.39 is 0 Å². The quantitative estimate of drug-likeness (QED) is 0.843. The predicted octanol–water partition coefficient (Wildman–Crippen LogP) is 2.20. The Balaban J connectivity index is 1.94. The largest absolute Gasteiger partial charge is 0.398 e. The maximum atomic E-state index is 5.86. The van der Waals surface area contributed by atoms with Gasteiger partial charge in [0, 0.05) is 37.7 Å². The molecule has 0 bridgehead atoms. The first kappa shape index (κ1) is 12.2. The van der Waals surface area contributed by atoms with Crippen molar-refractivity contribution in [2.24, 2.45) is 5.41 Å². The number of nitrogens with zero attached hydrogens (tertiary/aromatic N) is 1. The summed E-state index contributed by atoms with van der Waals surface area (Å²) in [6, 6.07) is 1.90. The molecule has 2 rings (SSSR count). The van der Waals surface area contributed by atoms with Gasteiger partial charge in [0.1, 0.15) is 5.82 Å². The third-order valence-electron chi connectivity index (χ3n) is 3.54. The smallest absolute Gasteiger partial charge is 0.127 e. The minimum absolute atomic E-state index is 0.305. The number of nitrogens with one attached hydrogen (secondary N) is 1. The lowest BCUT2D eigenvalue weighted by molar-refractivity contribution is 0.0300. The van der Waals surface area contributed by atoms with E-state index in [2.05, 4.69) is 17.2 Å². The summed E-state index contributed by atoms with van der Waals surface area (Å²) in [5, 5.41) is 3.38. The van der Waals surface area contributed by atoms with Crippen LogP contribution in [0.1, 0.15) is 25.3 Å². The molecule has 94 valence electrons. The van der Waals surface area contributed by atoms with Crippen LogP contribution in [0.3, 0.4) is 0 Å². The highest BCUT2D eigenvalue weighted by atomic mass is 16.5. The number of hydrogen-bond acceptors (Lipinski definition) is 4. The molecule has 1 saturated heterocycles. The summed E-state index contributed by atoms with van der Waals surface area (Å²) in [7, 11) is 0. The minimum Gasteiger partial charge on any atom is -0.398 e. The lowest BCUT2D eigenvalue weighted by Gasteiger charge is -2.33. The van der Waals surface area contributed by atoms with E-state index in [1.54, 1.807) is 0 Å². The van der Waals surface area contributed by atoms with Crippen molar-refractivity contribution >= 4 is 11.5 Å². The van der Waals surface area contributed by atoms with Gasteiger partial charge >= 0.3 is 0 Å². The Bertz CT molecular complexity index is 386. The van der Waals surface area contributed by atoms with Crippen LogP contribution in [0, 0.1) is 12.3 Å². The van der Waals surface area contributed by atoms with Gasteiger partial charge in [0.15, 0.2) is 0 Å². The van der Waals surface area contributed by atoms with Crippen LogP contribution in [-0.2, 0) is 4.74 Å². The van der Waals surface area contributed by atoms with Crippen molar-refractivity contribution in [1.82, 2.24) is 4.98 Å². The number of pyridine rings is 1. The van der Waals surface area contributed by atoms with E-state index in [9.17, 15) is 0 Å². The van der Waals surface area contributed by atoms with E-state index in [0.717, 1.165) is 49.7 Å². The number of nitrogens with two attached hydrogens (primary N) is 1. The number of ether oxygens (including phenoxy) is 1. The van der Waals surface area contributed by atoms with Crippen molar-refractivity contribution in [1.29, 1.82) is 0 Å². The molecule has 0 radical (unpaired) electrons. The van der Waals surface area contributed by atoms with Gasteiger partial charge in [-0.15, -0.1) is 0 Å². The van der Waals surface area contributed by atoms with Crippen LogP contribution in [0.25, 0.3) is 0 Å². The third kappa shape index (κ3) is 3.09. The van der Waals surface area contributed by atoms with Gasteiger partial charge < -0.3 is 15.8 Å². The Labute approximate surface area is 103 Å². The molecule has 1 fully saturated rings. The molecule has 1 aromatic heterocycles. The second kappa shape index (κ2) is 4.92. The monoisotopic (exact) mass is 235 g/mol. The molecule has 0 amide bonds. The van der Waals surface area contributed by atoms with Crippen molar-refractivity contribution in [3.05, 3.63) is 17.8 Å². The van der Waals surface area contributed by atoms with Gasteiger partial charge in [-0.3, -0.25) is 0 Å². The highest BCUT2D eigenvalue weighted by Crippen LogP contribution is 2.29. The topological polar surface area (TPSA) is 60.2 Å². The van der Waals surface area contributed by atoms with Gasteiger partial charge in [-0.2, -0.15) is 0 Å². The lowest BCUT2D eigenvalue weighted by Crippen LogP contribution is -2.33. The van der Waals surface area contributed by atoms with Crippen LogP contribution in [-0.4, -0.2) is 24.7 Å². The second-order valence-electron chi connectivity index (χ2n) is 5.20. The molecule has 2 heterocycles.